The molecule has 1 amide bonds. The molecule has 6 nitrogen and oxygen atoms in total. The Labute approximate surface area is 194 Å². The van der Waals surface area contributed by atoms with E-state index in [-0.39, 0.29) is 27.8 Å². The van der Waals surface area contributed by atoms with Gasteiger partial charge in [-0.05, 0) is 43.3 Å². The standard InChI is InChI=1S/C20H15Cl2F3N4O2S/c1-2-29(17-5-3-4-8-26-17)19(30)18-16(9-12(21)11-27-18)28-32(31)13-6-7-15(22)14(10-13)20(23,24)25/h3-11,28H,2H2,1H3. The van der Waals surface area contributed by atoms with Crippen molar-refractivity contribution in [2.45, 2.75) is 18.0 Å². The number of carbonyl (C=O) groups is 1. The number of nitrogens with one attached hydrogen (secondary N) is 1. The maximum absolute atomic E-state index is 13.1. The predicted molar refractivity (Wildman–Crippen MR) is 117 cm³/mol. The highest BCUT2D eigenvalue weighted by Crippen LogP contribution is 2.36. The number of alkyl halides is 3. The molecule has 0 spiro atoms. The van der Waals surface area contributed by atoms with Crippen LogP contribution in [0.1, 0.15) is 23.0 Å². The number of hydrogen-bond acceptors (Lipinski definition) is 4. The van der Waals surface area contributed by atoms with E-state index in [2.05, 4.69) is 14.7 Å². The largest absolute Gasteiger partial charge is 0.417 e. The molecule has 32 heavy (non-hydrogen) atoms. The summed E-state index contributed by atoms with van der Waals surface area (Å²) in [6.07, 6.45) is -1.97. The Bertz CT molecular complexity index is 1160. The van der Waals surface area contributed by atoms with Crippen molar-refractivity contribution in [1.82, 2.24) is 9.97 Å². The third-order valence-corrected chi connectivity index (χ3v) is 5.83. The molecule has 12 heteroatoms. The Morgan fingerprint density at radius 2 is 1.91 bits per heavy atom. The third kappa shape index (κ3) is 5.37. The first kappa shape index (κ1) is 24.0. The van der Waals surface area contributed by atoms with Gasteiger partial charge in [-0.1, -0.05) is 29.3 Å². The van der Waals surface area contributed by atoms with Crippen LogP contribution >= 0.6 is 23.2 Å². The van der Waals surface area contributed by atoms with Crippen molar-refractivity contribution in [3.63, 3.8) is 0 Å². The van der Waals surface area contributed by atoms with Crippen LogP contribution in [0.2, 0.25) is 10.0 Å². The molecule has 0 bridgehead atoms. The van der Waals surface area contributed by atoms with Gasteiger partial charge in [0.25, 0.3) is 5.91 Å². The first-order valence-electron chi connectivity index (χ1n) is 9.05. The van der Waals surface area contributed by atoms with Crippen LogP contribution in [0, 0.1) is 0 Å². The number of aromatic nitrogens is 2. The van der Waals surface area contributed by atoms with Crippen LogP contribution in [0.4, 0.5) is 24.7 Å². The van der Waals surface area contributed by atoms with E-state index in [9.17, 15) is 22.2 Å². The number of amides is 1. The van der Waals surface area contributed by atoms with Crippen LogP contribution < -0.4 is 9.62 Å². The van der Waals surface area contributed by atoms with Crippen LogP contribution in [-0.2, 0) is 17.2 Å². The number of hydrogen-bond donors (Lipinski definition) is 1. The number of nitrogens with zero attached hydrogens (tertiary/aromatic N) is 3. The predicted octanol–water partition coefficient (Wildman–Crippen LogP) is 5.60. The molecular weight excluding hydrogens is 488 g/mol. The fourth-order valence-corrected chi connectivity index (χ4v) is 4.01. The van der Waals surface area contributed by atoms with Crippen LogP contribution in [0.15, 0.2) is 59.8 Å². The lowest BCUT2D eigenvalue weighted by atomic mass is 10.2. The maximum atomic E-state index is 13.1. The summed E-state index contributed by atoms with van der Waals surface area (Å²) in [6.45, 7) is 1.99. The molecule has 3 aromatic rings. The van der Waals surface area contributed by atoms with E-state index in [1.807, 2.05) is 0 Å². The van der Waals surface area contributed by atoms with Gasteiger partial charge in [-0.3, -0.25) is 14.4 Å². The summed E-state index contributed by atoms with van der Waals surface area (Å²) >= 11 is 11.6. The van der Waals surface area contributed by atoms with Crippen molar-refractivity contribution in [2.24, 2.45) is 0 Å². The third-order valence-electron chi connectivity index (χ3n) is 4.20. The SMILES string of the molecule is CCN(C(=O)c1ncc(Cl)cc1NS(=O)c1ccc(Cl)c(C(F)(F)F)c1)c1ccccn1. The minimum atomic E-state index is -4.72. The summed E-state index contributed by atoms with van der Waals surface area (Å²) in [5.41, 5.74) is -1.27. The van der Waals surface area contributed by atoms with E-state index in [0.29, 0.717) is 11.9 Å². The Morgan fingerprint density at radius 1 is 1.16 bits per heavy atom. The second kappa shape index (κ2) is 9.85. The lowest BCUT2D eigenvalue weighted by Gasteiger charge is -2.21. The molecule has 2 aromatic heterocycles. The average molecular weight is 503 g/mol. The highest BCUT2D eigenvalue weighted by molar-refractivity contribution is 7.86. The van der Waals surface area contributed by atoms with Crippen molar-refractivity contribution < 1.29 is 22.2 Å². The van der Waals surface area contributed by atoms with E-state index in [1.54, 1.807) is 25.1 Å². The van der Waals surface area contributed by atoms with Crippen LogP contribution in [-0.4, -0.2) is 26.6 Å². The monoisotopic (exact) mass is 502 g/mol. The van der Waals surface area contributed by atoms with E-state index in [4.69, 9.17) is 23.2 Å². The summed E-state index contributed by atoms with van der Waals surface area (Å²) < 4.78 is 54.7. The molecule has 0 aliphatic carbocycles. The van der Waals surface area contributed by atoms with E-state index in [0.717, 1.165) is 6.07 Å². The van der Waals surface area contributed by atoms with Gasteiger partial charge in [0.05, 0.1) is 26.2 Å². The minimum absolute atomic E-state index is 0.0151. The molecule has 0 saturated heterocycles. The van der Waals surface area contributed by atoms with Crippen LogP contribution in [0.25, 0.3) is 0 Å². The van der Waals surface area contributed by atoms with Crippen LogP contribution in [0.3, 0.4) is 0 Å². The summed E-state index contributed by atoms with van der Waals surface area (Å²) in [4.78, 5) is 22.5. The molecule has 0 aliphatic heterocycles. The van der Waals surface area contributed by atoms with Crippen molar-refractivity contribution in [3.8, 4) is 0 Å². The van der Waals surface area contributed by atoms with Gasteiger partial charge >= 0.3 is 6.18 Å². The molecule has 0 radical (unpaired) electrons. The maximum Gasteiger partial charge on any atom is 0.417 e. The molecule has 1 atom stereocenters. The fraction of sp³-hybridized carbons (Fsp3) is 0.150. The molecule has 2 heterocycles. The Balaban J connectivity index is 1.95. The fourth-order valence-electron chi connectivity index (χ4n) is 2.73. The number of benzene rings is 1. The number of rotatable bonds is 6. The molecule has 0 saturated carbocycles. The molecule has 1 unspecified atom stereocenters. The molecule has 0 aliphatic rings. The summed E-state index contributed by atoms with van der Waals surface area (Å²) in [6, 6.07) is 9.22. The Morgan fingerprint density at radius 3 is 2.53 bits per heavy atom. The minimum Gasteiger partial charge on any atom is -0.299 e. The van der Waals surface area contributed by atoms with Gasteiger partial charge in [-0.2, -0.15) is 13.2 Å². The quantitative estimate of drug-likeness (QED) is 0.475. The normalized spacial score (nSPS) is 12.3. The van der Waals surface area contributed by atoms with Crippen molar-refractivity contribution in [3.05, 3.63) is 76.2 Å². The zero-order valence-electron chi connectivity index (χ0n) is 16.4. The van der Waals surface area contributed by atoms with Gasteiger partial charge in [0, 0.05) is 18.9 Å². The second-order valence-electron chi connectivity index (χ2n) is 6.30. The van der Waals surface area contributed by atoms with Gasteiger partial charge < -0.3 is 0 Å². The summed E-state index contributed by atoms with van der Waals surface area (Å²) in [5.74, 6) is -0.189. The topological polar surface area (TPSA) is 75.2 Å². The number of anilines is 2. The Hall–Kier alpha value is -2.69. The first-order valence-corrected chi connectivity index (χ1v) is 11.0. The van der Waals surface area contributed by atoms with Crippen molar-refractivity contribution >= 4 is 51.6 Å². The van der Waals surface area contributed by atoms with Gasteiger partial charge in [-0.25, -0.2) is 14.2 Å². The number of pyridine rings is 2. The van der Waals surface area contributed by atoms with Gasteiger partial charge in [0.1, 0.15) is 16.8 Å². The zero-order valence-corrected chi connectivity index (χ0v) is 18.7. The van der Waals surface area contributed by atoms with E-state index < -0.39 is 33.7 Å². The van der Waals surface area contributed by atoms with E-state index >= 15 is 0 Å². The second-order valence-corrected chi connectivity index (χ2v) is 8.35. The highest BCUT2D eigenvalue weighted by atomic mass is 35.5. The molecule has 3 rings (SSSR count). The summed E-state index contributed by atoms with van der Waals surface area (Å²) in [7, 11) is -2.18. The first-order chi connectivity index (χ1) is 15.1. The smallest absolute Gasteiger partial charge is 0.299 e. The molecule has 0 fully saturated rings. The van der Waals surface area contributed by atoms with Crippen molar-refractivity contribution in [1.29, 1.82) is 0 Å². The lowest BCUT2D eigenvalue weighted by Crippen LogP contribution is -2.32. The van der Waals surface area contributed by atoms with Crippen molar-refractivity contribution in [2.75, 3.05) is 16.2 Å². The zero-order chi connectivity index (χ0) is 23.5. The highest BCUT2D eigenvalue weighted by Gasteiger charge is 2.34. The van der Waals surface area contributed by atoms with Gasteiger partial charge in [-0.15, -0.1) is 0 Å². The van der Waals surface area contributed by atoms with Crippen LogP contribution in [0.5, 0.6) is 0 Å². The lowest BCUT2D eigenvalue weighted by molar-refractivity contribution is -0.137. The molecule has 1 aromatic carbocycles. The summed E-state index contributed by atoms with van der Waals surface area (Å²) in [5, 5.41) is -0.387. The Kier molecular flexibility index (Phi) is 7.37. The number of carbonyl (C=O) groups excluding carboxylic acids is 1. The van der Waals surface area contributed by atoms with E-state index in [1.165, 1.54) is 29.4 Å². The molecule has 1 N–H and O–H groups in total. The number of halogens is 5. The molecule has 168 valence electrons. The average Bonchev–Trinajstić information content (AvgIpc) is 2.74. The van der Waals surface area contributed by atoms with Gasteiger partial charge in [0.15, 0.2) is 5.69 Å². The molecular formula is C20H15Cl2F3N4O2S. The van der Waals surface area contributed by atoms with Gasteiger partial charge in [0.2, 0.25) is 0 Å².